The van der Waals surface area contributed by atoms with Crippen LogP contribution in [0, 0.1) is 0 Å². The van der Waals surface area contributed by atoms with Gasteiger partial charge >= 0.3 is 5.97 Å². The fourth-order valence-corrected chi connectivity index (χ4v) is 3.46. The molecule has 0 unspecified atom stereocenters. The van der Waals surface area contributed by atoms with E-state index in [0.717, 1.165) is 15.6 Å². The van der Waals surface area contributed by atoms with Crippen molar-refractivity contribution in [1.29, 1.82) is 0 Å². The third-order valence-corrected chi connectivity index (χ3v) is 5.05. The van der Waals surface area contributed by atoms with Gasteiger partial charge in [0.25, 0.3) is 5.91 Å². The van der Waals surface area contributed by atoms with Crippen LogP contribution in [0.5, 0.6) is 0 Å². The van der Waals surface area contributed by atoms with Crippen molar-refractivity contribution in [3.63, 3.8) is 0 Å². The molecule has 1 amide bonds. The van der Waals surface area contributed by atoms with E-state index in [0.29, 0.717) is 17.4 Å². The molecule has 146 valence electrons. The Morgan fingerprint density at radius 1 is 1.07 bits per heavy atom. The van der Waals surface area contributed by atoms with Gasteiger partial charge in [0.2, 0.25) is 11.7 Å². The van der Waals surface area contributed by atoms with Crippen LogP contribution in [0.1, 0.15) is 12.3 Å². The number of nitrogens with zero attached hydrogens (tertiary/aromatic N) is 2. The maximum Gasteiger partial charge on any atom is 0.306 e. The topological polar surface area (TPSA) is 94.3 Å². The van der Waals surface area contributed by atoms with Gasteiger partial charge in [-0.05, 0) is 22.9 Å². The lowest BCUT2D eigenvalue weighted by Gasteiger charge is -2.09. The fourth-order valence-electron chi connectivity index (χ4n) is 2.81. The number of esters is 1. The number of hydrogen-bond donors (Lipinski definition) is 1. The Morgan fingerprint density at radius 3 is 2.79 bits per heavy atom. The van der Waals surface area contributed by atoms with Crippen LogP contribution in [-0.4, -0.2) is 28.6 Å². The molecule has 2 heterocycles. The average Bonchev–Trinajstić information content (AvgIpc) is 3.43. The lowest BCUT2D eigenvalue weighted by Crippen LogP contribution is -2.21. The van der Waals surface area contributed by atoms with Gasteiger partial charge in [0.15, 0.2) is 6.61 Å². The minimum Gasteiger partial charge on any atom is -0.456 e. The molecule has 0 aliphatic rings. The summed E-state index contributed by atoms with van der Waals surface area (Å²) in [5.41, 5.74) is 0.677. The smallest absolute Gasteiger partial charge is 0.306 e. The van der Waals surface area contributed by atoms with Gasteiger partial charge in [-0.3, -0.25) is 9.59 Å². The number of benzene rings is 2. The van der Waals surface area contributed by atoms with E-state index in [1.165, 1.54) is 11.3 Å². The summed E-state index contributed by atoms with van der Waals surface area (Å²) in [5, 5.41) is 10.5. The molecule has 29 heavy (non-hydrogen) atoms. The van der Waals surface area contributed by atoms with Gasteiger partial charge in [-0.2, -0.15) is 4.98 Å². The normalized spacial score (nSPS) is 10.8. The van der Waals surface area contributed by atoms with E-state index in [1.807, 2.05) is 60.0 Å². The number of amides is 1. The van der Waals surface area contributed by atoms with Gasteiger partial charge in [-0.1, -0.05) is 47.6 Å². The number of nitrogens with one attached hydrogen (secondary N) is 1. The van der Waals surface area contributed by atoms with Gasteiger partial charge < -0.3 is 14.6 Å². The third kappa shape index (κ3) is 4.67. The van der Waals surface area contributed by atoms with E-state index in [1.54, 1.807) is 0 Å². The predicted octanol–water partition coefficient (Wildman–Crippen LogP) is 4.07. The SMILES string of the molecule is O=C(COC(=O)CCc1nc(-c2cccs2)no1)Nc1cccc2ccccc12. The van der Waals surface area contributed by atoms with Crippen LogP contribution in [0.15, 0.2) is 64.5 Å². The van der Waals surface area contributed by atoms with E-state index in [9.17, 15) is 9.59 Å². The summed E-state index contributed by atoms with van der Waals surface area (Å²) in [4.78, 5) is 29.2. The van der Waals surface area contributed by atoms with Crippen LogP contribution >= 0.6 is 11.3 Å². The Labute approximate surface area is 170 Å². The van der Waals surface area contributed by atoms with Crippen molar-refractivity contribution in [2.45, 2.75) is 12.8 Å². The summed E-state index contributed by atoms with van der Waals surface area (Å²) in [7, 11) is 0. The third-order valence-electron chi connectivity index (χ3n) is 4.18. The monoisotopic (exact) mass is 407 g/mol. The maximum absolute atomic E-state index is 12.1. The molecule has 0 fully saturated rings. The molecule has 4 aromatic rings. The van der Waals surface area contributed by atoms with Gasteiger partial charge in [0, 0.05) is 17.5 Å². The molecule has 0 radical (unpaired) electrons. The maximum atomic E-state index is 12.1. The van der Waals surface area contributed by atoms with Crippen LogP contribution in [0.2, 0.25) is 0 Å². The molecule has 0 bridgehead atoms. The van der Waals surface area contributed by atoms with Gasteiger partial charge in [0.1, 0.15) is 0 Å². The summed E-state index contributed by atoms with van der Waals surface area (Å²) >= 11 is 1.51. The first kappa shape index (κ1) is 18.8. The van der Waals surface area contributed by atoms with Crippen LogP contribution in [0.25, 0.3) is 21.5 Å². The second kappa shape index (κ2) is 8.66. The first-order valence-electron chi connectivity index (χ1n) is 8.99. The minimum absolute atomic E-state index is 0.0492. The standard InChI is InChI=1S/C21H17N3O4S/c25-18(22-16-8-3-6-14-5-1-2-7-15(14)16)13-27-20(26)11-10-19-23-21(24-28-19)17-9-4-12-29-17/h1-9,12H,10-11,13H2,(H,22,25). The molecule has 2 aromatic heterocycles. The highest BCUT2D eigenvalue weighted by molar-refractivity contribution is 7.13. The number of anilines is 1. The van der Waals surface area contributed by atoms with Crippen molar-refractivity contribution >= 4 is 39.7 Å². The second-order valence-corrected chi connectivity index (χ2v) is 7.17. The lowest BCUT2D eigenvalue weighted by atomic mass is 10.1. The van der Waals surface area contributed by atoms with Crippen molar-refractivity contribution in [3.05, 3.63) is 65.9 Å². The summed E-state index contributed by atoms with van der Waals surface area (Å²) in [6.45, 7) is -0.355. The largest absolute Gasteiger partial charge is 0.456 e. The quantitative estimate of drug-likeness (QED) is 0.464. The number of aryl methyl sites for hydroxylation is 1. The molecular formula is C21H17N3O4S. The molecule has 0 aliphatic carbocycles. The molecule has 8 heteroatoms. The fraction of sp³-hybridized carbons (Fsp3) is 0.143. The predicted molar refractivity (Wildman–Crippen MR) is 109 cm³/mol. The van der Waals surface area contributed by atoms with Crippen molar-refractivity contribution in [3.8, 4) is 10.7 Å². The zero-order valence-corrected chi connectivity index (χ0v) is 16.1. The summed E-state index contributed by atoms with van der Waals surface area (Å²) in [6, 6.07) is 17.1. The molecule has 2 aromatic carbocycles. The molecule has 0 spiro atoms. The van der Waals surface area contributed by atoms with Crippen molar-refractivity contribution in [1.82, 2.24) is 10.1 Å². The van der Waals surface area contributed by atoms with Gasteiger partial charge in [-0.25, -0.2) is 0 Å². The number of hydrogen-bond acceptors (Lipinski definition) is 7. The molecule has 4 rings (SSSR count). The molecule has 0 atom stereocenters. The summed E-state index contributed by atoms with van der Waals surface area (Å²) in [6.07, 6.45) is 0.301. The molecule has 0 aliphatic heterocycles. The average molecular weight is 407 g/mol. The number of thiophene rings is 1. The zero-order chi connectivity index (χ0) is 20.1. The van der Waals surface area contributed by atoms with Crippen LogP contribution in [0.3, 0.4) is 0 Å². The molecule has 0 saturated heterocycles. The van der Waals surface area contributed by atoms with Gasteiger partial charge in [-0.15, -0.1) is 11.3 Å². The van der Waals surface area contributed by atoms with E-state index in [4.69, 9.17) is 9.26 Å². The highest BCUT2D eigenvalue weighted by Gasteiger charge is 2.13. The zero-order valence-electron chi connectivity index (χ0n) is 15.3. The van der Waals surface area contributed by atoms with Crippen molar-refractivity contribution < 1.29 is 18.8 Å². The highest BCUT2D eigenvalue weighted by atomic mass is 32.1. The minimum atomic E-state index is -0.506. The summed E-state index contributed by atoms with van der Waals surface area (Å²) < 4.78 is 10.2. The Kier molecular flexibility index (Phi) is 5.62. The molecule has 0 saturated carbocycles. The number of aromatic nitrogens is 2. The highest BCUT2D eigenvalue weighted by Crippen LogP contribution is 2.23. The lowest BCUT2D eigenvalue weighted by molar-refractivity contribution is -0.147. The van der Waals surface area contributed by atoms with Crippen LogP contribution < -0.4 is 5.32 Å². The summed E-state index contributed by atoms with van der Waals surface area (Å²) in [5.74, 6) is -0.0511. The number of carbonyl (C=O) groups excluding carboxylic acids is 2. The van der Waals surface area contributed by atoms with E-state index in [-0.39, 0.29) is 19.4 Å². The molecule has 7 nitrogen and oxygen atoms in total. The first-order chi connectivity index (χ1) is 14.2. The number of ether oxygens (including phenoxy) is 1. The van der Waals surface area contributed by atoms with Crippen molar-refractivity contribution in [2.75, 3.05) is 11.9 Å². The Balaban J connectivity index is 1.26. The van der Waals surface area contributed by atoms with E-state index < -0.39 is 11.9 Å². The number of rotatable bonds is 7. The number of carbonyl (C=O) groups is 2. The van der Waals surface area contributed by atoms with E-state index >= 15 is 0 Å². The Hall–Kier alpha value is -3.52. The molecule has 1 N–H and O–H groups in total. The Morgan fingerprint density at radius 2 is 1.93 bits per heavy atom. The van der Waals surface area contributed by atoms with Crippen LogP contribution in [-0.2, 0) is 20.7 Å². The van der Waals surface area contributed by atoms with Crippen molar-refractivity contribution in [2.24, 2.45) is 0 Å². The van der Waals surface area contributed by atoms with E-state index in [2.05, 4.69) is 15.5 Å². The first-order valence-corrected chi connectivity index (χ1v) is 9.87. The van der Waals surface area contributed by atoms with Crippen LogP contribution in [0.4, 0.5) is 5.69 Å². The number of fused-ring (bicyclic) bond motifs is 1. The van der Waals surface area contributed by atoms with Gasteiger partial charge in [0.05, 0.1) is 11.3 Å². The molecular weight excluding hydrogens is 390 g/mol. The Bertz CT molecular complexity index is 1130. The second-order valence-electron chi connectivity index (χ2n) is 6.22.